The first-order valence-corrected chi connectivity index (χ1v) is 8.84. The van der Waals surface area contributed by atoms with Gasteiger partial charge in [-0.15, -0.1) is 10.2 Å². The number of aromatic nitrogens is 5. The molecule has 0 saturated carbocycles. The normalized spacial score (nSPS) is 10.7. The number of aryl methyl sites for hydroxylation is 1. The molecule has 1 aromatic carbocycles. The minimum absolute atomic E-state index is 0.207. The maximum atomic E-state index is 13.1. The van der Waals surface area contributed by atoms with Gasteiger partial charge in [-0.2, -0.15) is 5.26 Å². The molecular formula is C19H12N6OS. The van der Waals surface area contributed by atoms with Crippen LogP contribution in [0.4, 0.5) is 0 Å². The summed E-state index contributed by atoms with van der Waals surface area (Å²) in [6.45, 7) is 1.93. The van der Waals surface area contributed by atoms with Gasteiger partial charge in [-0.25, -0.2) is 14.5 Å². The Morgan fingerprint density at radius 3 is 2.63 bits per heavy atom. The quantitative estimate of drug-likeness (QED) is 0.510. The number of hydrogen-bond donors (Lipinski definition) is 0. The van der Waals surface area contributed by atoms with Crippen LogP contribution in [0.15, 0.2) is 69.7 Å². The molecule has 4 aromatic rings. The van der Waals surface area contributed by atoms with E-state index in [4.69, 9.17) is 5.26 Å². The van der Waals surface area contributed by atoms with E-state index in [9.17, 15) is 4.79 Å². The van der Waals surface area contributed by atoms with E-state index in [0.29, 0.717) is 26.9 Å². The molecule has 7 nitrogen and oxygen atoms in total. The third-order valence-electron chi connectivity index (χ3n) is 3.82. The van der Waals surface area contributed by atoms with Crippen LogP contribution in [0.25, 0.3) is 16.7 Å². The lowest BCUT2D eigenvalue weighted by atomic mass is 10.2. The Hall–Kier alpha value is -3.57. The van der Waals surface area contributed by atoms with Gasteiger partial charge in [0.25, 0.3) is 5.56 Å². The van der Waals surface area contributed by atoms with E-state index < -0.39 is 0 Å². The third kappa shape index (κ3) is 3.28. The number of pyridine rings is 1. The van der Waals surface area contributed by atoms with Crippen molar-refractivity contribution < 1.29 is 0 Å². The van der Waals surface area contributed by atoms with Crippen LogP contribution in [-0.4, -0.2) is 24.7 Å². The molecule has 0 bridgehead atoms. The van der Waals surface area contributed by atoms with Gasteiger partial charge in [-0.3, -0.25) is 4.79 Å². The highest BCUT2D eigenvalue weighted by molar-refractivity contribution is 7.99. The Labute approximate surface area is 158 Å². The zero-order valence-electron chi connectivity index (χ0n) is 14.2. The van der Waals surface area contributed by atoms with Gasteiger partial charge in [0.1, 0.15) is 16.9 Å². The SMILES string of the molecule is Cc1ccc(-n2c(Sc3ccc(C#N)nn3)nc3ccccc3c2=O)nc1. The minimum Gasteiger partial charge on any atom is -0.268 e. The molecule has 8 heteroatoms. The van der Waals surface area contributed by atoms with E-state index in [1.54, 1.807) is 42.6 Å². The van der Waals surface area contributed by atoms with E-state index in [2.05, 4.69) is 20.2 Å². The summed E-state index contributed by atoms with van der Waals surface area (Å²) >= 11 is 1.19. The highest BCUT2D eigenvalue weighted by Crippen LogP contribution is 2.26. The Balaban J connectivity index is 1.91. The van der Waals surface area contributed by atoms with Gasteiger partial charge in [0.05, 0.1) is 10.9 Å². The molecule has 0 amide bonds. The maximum absolute atomic E-state index is 13.1. The zero-order chi connectivity index (χ0) is 18.8. The predicted octanol–water partition coefficient (Wildman–Crippen LogP) is 2.90. The van der Waals surface area contributed by atoms with Crippen molar-refractivity contribution in [1.29, 1.82) is 5.26 Å². The molecule has 0 atom stereocenters. The van der Waals surface area contributed by atoms with Crippen molar-refractivity contribution >= 4 is 22.7 Å². The van der Waals surface area contributed by atoms with Crippen LogP contribution in [0.2, 0.25) is 0 Å². The van der Waals surface area contributed by atoms with Crippen LogP contribution < -0.4 is 5.56 Å². The molecule has 3 heterocycles. The zero-order valence-corrected chi connectivity index (χ0v) is 15.0. The van der Waals surface area contributed by atoms with Gasteiger partial charge in [0, 0.05) is 6.20 Å². The predicted molar refractivity (Wildman–Crippen MR) is 101 cm³/mol. The van der Waals surface area contributed by atoms with Gasteiger partial charge in [0.15, 0.2) is 10.9 Å². The van der Waals surface area contributed by atoms with Crippen molar-refractivity contribution in [3.05, 3.63) is 76.3 Å². The molecule has 0 unspecified atom stereocenters. The topological polar surface area (TPSA) is 97.4 Å². The highest BCUT2D eigenvalue weighted by Gasteiger charge is 2.15. The number of nitrogens with zero attached hydrogens (tertiary/aromatic N) is 6. The lowest BCUT2D eigenvalue weighted by Gasteiger charge is -2.12. The molecule has 0 fully saturated rings. The molecule has 0 aliphatic heterocycles. The monoisotopic (exact) mass is 372 g/mol. The smallest absolute Gasteiger partial charge is 0.267 e. The Morgan fingerprint density at radius 1 is 1.07 bits per heavy atom. The molecule has 27 heavy (non-hydrogen) atoms. The summed E-state index contributed by atoms with van der Waals surface area (Å²) in [6.07, 6.45) is 1.70. The van der Waals surface area contributed by atoms with E-state index in [-0.39, 0.29) is 11.3 Å². The van der Waals surface area contributed by atoms with E-state index >= 15 is 0 Å². The second kappa shape index (κ2) is 6.97. The summed E-state index contributed by atoms with van der Waals surface area (Å²) < 4.78 is 1.46. The molecule has 0 spiro atoms. The molecule has 0 aliphatic carbocycles. The second-order valence-corrected chi connectivity index (χ2v) is 6.70. The van der Waals surface area contributed by atoms with Gasteiger partial charge < -0.3 is 0 Å². The Kier molecular flexibility index (Phi) is 4.36. The fraction of sp³-hybridized carbons (Fsp3) is 0.0526. The van der Waals surface area contributed by atoms with Crippen LogP contribution in [0.3, 0.4) is 0 Å². The third-order valence-corrected chi connectivity index (χ3v) is 4.70. The largest absolute Gasteiger partial charge is 0.268 e. The van der Waals surface area contributed by atoms with Crippen molar-refractivity contribution in [3.8, 4) is 11.9 Å². The summed E-state index contributed by atoms with van der Waals surface area (Å²) in [5, 5.41) is 18.2. The van der Waals surface area contributed by atoms with Crippen molar-refractivity contribution in [1.82, 2.24) is 24.7 Å². The van der Waals surface area contributed by atoms with Gasteiger partial charge in [-0.1, -0.05) is 18.2 Å². The lowest BCUT2D eigenvalue weighted by molar-refractivity contribution is 0.790. The first-order valence-electron chi connectivity index (χ1n) is 8.02. The first kappa shape index (κ1) is 16.9. The maximum Gasteiger partial charge on any atom is 0.267 e. The summed E-state index contributed by atoms with van der Waals surface area (Å²) in [6, 6.07) is 16.0. The molecule has 0 N–H and O–H groups in total. The van der Waals surface area contributed by atoms with Crippen LogP contribution in [0.5, 0.6) is 0 Å². The van der Waals surface area contributed by atoms with Gasteiger partial charge >= 0.3 is 0 Å². The highest BCUT2D eigenvalue weighted by atomic mass is 32.2. The Bertz CT molecular complexity index is 1230. The fourth-order valence-corrected chi connectivity index (χ4v) is 3.32. The summed E-state index contributed by atoms with van der Waals surface area (Å²) in [5.41, 5.74) is 1.60. The number of hydrogen-bond acceptors (Lipinski definition) is 7. The molecule has 130 valence electrons. The van der Waals surface area contributed by atoms with Crippen LogP contribution in [0.1, 0.15) is 11.3 Å². The lowest BCUT2D eigenvalue weighted by Crippen LogP contribution is -2.22. The van der Waals surface area contributed by atoms with Crippen molar-refractivity contribution in [2.24, 2.45) is 0 Å². The molecule has 0 radical (unpaired) electrons. The summed E-state index contributed by atoms with van der Waals surface area (Å²) in [7, 11) is 0. The average molecular weight is 372 g/mol. The van der Waals surface area contributed by atoms with Crippen molar-refractivity contribution in [2.45, 2.75) is 17.1 Å². The number of fused-ring (bicyclic) bond motifs is 1. The van der Waals surface area contributed by atoms with Crippen molar-refractivity contribution in [2.75, 3.05) is 0 Å². The fourth-order valence-electron chi connectivity index (χ4n) is 2.50. The number of para-hydroxylation sites is 1. The molecule has 4 rings (SSSR count). The Morgan fingerprint density at radius 2 is 1.93 bits per heavy atom. The van der Waals surface area contributed by atoms with Crippen LogP contribution in [0, 0.1) is 18.3 Å². The number of benzene rings is 1. The molecule has 3 aromatic heterocycles. The average Bonchev–Trinajstić information content (AvgIpc) is 2.70. The van der Waals surface area contributed by atoms with Crippen LogP contribution >= 0.6 is 11.8 Å². The number of nitriles is 1. The molecule has 0 aliphatic rings. The van der Waals surface area contributed by atoms with Crippen LogP contribution in [-0.2, 0) is 0 Å². The number of rotatable bonds is 3. The van der Waals surface area contributed by atoms with Gasteiger partial charge in [0.2, 0.25) is 0 Å². The molecular weight excluding hydrogens is 360 g/mol. The summed E-state index contributed by atoms with van der Waals surface area (Å²) in [5.74, 6) is 0.480. The standard InChI is InChI=1S/C19H12N6OS/c1-12-6-8-16(21-11-12)25-18(26)14-4-2-3-5-15(14)22-19(25)27-17-9-7-13(10-20)23-24-17/h2-9,11H,1H3. The van der Waals surface area contributed by atoms with E-state index in [1.165, 1.54) is 16.3 Å². The minimum atomic E-state index is -0.207. The molecule has 0 saturated heterocycles. The second-order valence-electron chi connectivity index (χ2n) is 5.72. The summed E-state index contributed by atoms with van der Waals surface area (Å²) in [4.78, 5) is 22.1. The van der Waals surface area contributed by atoms with E-state index in [0.717, 1.165) is 5.56 Å². The first-order chi connectivity index (χ1) is 13.2. The van der Waals surface area contributed by atoms with E-state index in [1.807, 2.05) is 25.1 Å². The van der Waals surface area contributed by atoms with Gasteiger partial charge in [-0.05, 0) is 54.6 Å². The van der Waals surface area contributed by atoms with Crippen molar-refractivity contribution in [3.63, 3.8) is 0 Å².